The minimum Gasteiger partial charge on any atom is -0.482 e. The van der Waals surface area contributed by atoms with Gasteiger partial charge in [0.1, 0.15) is 11.4 Å². The Balaban J connectivity index is 1.60. The van der Waals surface area contributed by atoms with Crippen LogP contribution in [0.1, 0.15) is 34.9 Å². The van der Waals surface area contributed by atoms with Gasteiger partial charge in [-0.05, 0) is 35.1 Å². The van der Waals surface area contributed by atoms with E-state index in [2.05, 4.69) is 85.4 Å². The quantitative estimate of drug-likeness (QED) is 0.591. The van der Waals surface area contributed by atoms with Crippen molar-refractivity contribution in [3.8, 4) is 5.75 Å². The Kier molecular flexibility index (Phi) is 3.11. The number of hydrogen-bond acceptors (Lipinski definition) is 1. The summed E-state index contributed by atoms with van der Waals surface area (Å²) in [6, 6.07) is 29.7. The Hall–Kier alpha value is -2.80. The highest BCUT2D eigenvalue weighted by Crippen LogP contribution is 2.67. The molecular weight excluding hydrogens is 304 g/mol. The van der Waals surface area contributed by atoms with Crippen molar-refractivity contribution in [1.82, 2.24) is 0 Å². The van der Waals surface area contributed by atoms with Crippen molar-refractivity contribution in [2.24, 2.45) is 0 Å². The largest absolute Gasteiger partial charge is 0.482 e. The molecule has 1 aliphatic carbocycles. The van der Waals surface area contributed by atoms with Crippen molar-refractivity contribution in [2.75, 3.05) is 0 Å². The van der Waals surface area contributed by atoms with Crippen LogP contribution in [0.25, 0.3) is 5.57 Å². The van der Waals surface area contributed by atoms with Crippen molar-refractivity contribution in [3.05, 3.63) is 108 Å². The average Bonchev–Trinajstić information content (AvgIpc) is 2.92. The average molecular weight is 324 g/mol. The van der Waals surface area contributed by atoms with Gasteiger partial charge < -0.3 is 4.74 Å². The molecule has 0 N–H and O–H groups in total. The van der Waals surface area contributed by atoms with E-state index in [0.29, 0.717) is 11.8 Å². The van der Waals surface area contributed by atoms with Crippen molar-refractivity contribution >= 4 is 5.57 Å². The number of ether oxygens (including phenoxy) is 1. The van der Waals surface area contributed by atoms with Crippen LogP contribution >= 0.6 is 0 Å². The van der Waals surface area contributed by atoms with E-state index in [4.69, 9.17) is 4.74 Å². The fraction of sp³-hybridized carbons (Fsp3) is 0.167. The van der Waals surface area contributed by atoms with Crippen LogP contribution in [0.15, 0.2) is 91.5 Å². The van der Waals surface area contributed by atoms with Gasteiger partial charge in [-0.1, -0.05) is 85.4 Å². The first-order valence-corrected chi connectivity index (χ1v) is 8.87. The Morgan fingerprint density at radius 3 is 2.24 bits per heavy atom. The molecule has 0 aromatic heterocycles. The van der Waals surface area contributed by atoms with E-state index in [-0.39, 0.29) is 5.60 Å². The maximum Gasteiger partial charge on any atom is 0.142 e. The molecule has 0 unspecified atom stereocenters. The lowest BCUT2D eigenvalue weighted by Gasteiger charge is -2.51. The highest BCUT2D eigenvalue weighted by molar-refractivity contribution is 5.77. The second-order valence-electron chi connectivity index (χ2n) is 7.07. The second kappa shape index (κ2) is 5.35. The number of rotatable bonds is 3. The first-order chi connectivity index (χ1) is 12.3. The van der Waals surface area contributed by atoms with Crippen LogP contribution in [0.5, 0.6) is 5.75 Å². The molecule has 1 heterocycles. The van der Waals surface area contributed by atoms with Crippen molar-refractivity contribution in [1.29, 1.82) is 0 Å². The summed E-state index contributed by atoms with van der Waals surface area (Å²) in [6.45, 7) is 4.47. The van der Waals surface area contributed by atoms with Crippen molar-refractivity contribution in [2.45, 2.75) is 23.9 Å². The van der Waals surface area contributed by atoms with Gasteiger partial charge in [0.2, 0.25) is 0 Å². The zero-order valence-electron chi connectivity index (χ0n) is 14.1. The molecule has 1 aliphatic heterocycles. The number of fused-ring (bicyclic) bond motifs is 3. The Morgan fingerprint density at radius 2 is 1.48 bits per heavy atom. The molecule has 1 nitrogen and oxygen atoms in total. The van der Waals surface area contributed by atoms with Crippen LogP contribution < -0.4 is 4.74 Å². The van der Waals surface area contributed by atoms with Crippen molar-refractivity contribution in [3.63, 3.8) is 0 Å². The molecule has 0 radical (unpaired) electrons. The monoisotopic (exact) mass is 324 g/mol. The zero-order valence-corrected chi connectivity index (χ0v) is 14.1. The molecule has 0 amide bonds. The summed E-state index contributed by atoms with van der Waals surface area (Å²) < 4.78 is 6.56. The highest BCUT2D eigenvalue weighted by Gasteiger charge is 2.62. The third kappa shape index (κ3) is 2.02. The fourth-order valence-corrected chi connectivity index (χ4v) is 4.60. The van der Waals surface area contributed by atoms with E-state index >= 15 is 0 Å². The van der Waals surface area contributed by atoms with Gasteiger partial charge in [-0.15, -0.1) is 0 Å². The van der Waals surface area contributed by atoms with Gasteiger partial charge in [0.25, 0.3) is 0 Å². The molecule has 3 aromatic carbocycles. The summed E-state index contributed by atoms with van der Waals surface area (Å²) in [4.78, 5) is 0. The van der Waals surface area contributed by atoms with E-state index in [9.17, 15) is 0 Å². The minimum absolute atomic E-state index is 0.314. The van der Waals surface area contributed by atoms with E-state index in [1.807, 2.05) is 6.07 Å². The van der Waals surface area contributed by atoms with Crippen LogP contribution in [0.2, 0.25) is 0 Å². The SMILES string of the molecule is C=C(c1ccccc1)[C@]12C[C@H](c3ccccc3)[C@H]1c1ccccc1O2. The number of para-hydroxylation sites is 1. The first-order valence-electron chi connectivity index (χ1n) is 8.87. The number of benzene rings is 3. The van der Waals surface area contributed by atoms with Crippen LogP contribution in [0.4, 0.5) is 0 Å². The predicted molar refractivity (Wildman–Crippen MR) is 102 cm³/mol. The fourth-order valence-electron chi connectivity index (χ4n) is 4.60. The standard InChI is InChI=1S/C24H20O/c1-17(18-10-4-2-5-11-18)24-16-21(19-12-6-3-7-13-19)23(24)20-14-8-9-15-22(20)25-24/h2-15,21,23H,1,16H2/t21-,23-,24-/m1/s1. The predicted octanol–water partition coefficient (Wildman–Crippen LogP) is 5.80. The van der Waals surface area contributed by atoms with Gasteiger partial charge in [-0.3, -0.25) is 0 Å². The lowest BCUT2D eigenvalue weighted by Crippen LogP contribution is -2.52. The molecule has 0 saturated heterocycles. The molecule has 122 valence electrons. The summed E-state index contributed by atoms with van der Waals surface area (Å²) in [5.74, 6) is 1.83. The Labute approximate surface area is 148 Å². The third-order valence-corrected chi connectivity index (χ3v) is 5.83. The molecule has 5 rings (SSSR count). The molecule has 2 aliphatic rings. The Morgan fingerprint density at radius 1 is 0.840 bits per heavy atom. The maximum atomic E-state index is 6.56. The molecular formula is C24H20O. The maximum absolute atomic E-state index is 6.56. The lowest BCUT2D eigenvalue weighted by molar-refractivity contribution is 0.0330. The second-order valence-corrected chi connectivity index (χ2v) is 7.07. The minimum atomic E-state index is -0.314. The van der Waals surface area contributed by atoms with E-state index in [0.717, 1.165) is 17.7 Å². The molecule has 1 heteroatoms. The molecule has 3 aromatic rings. The van der Waals surface area contributed by atoms with Crippen molar-refractivity contribution < 1.29 is 4.74 Å². The van der Waals surface area contributed by atoms with Crippen LogP contribution in [-0.4, -0.2) is 5.60 Å². The molecule has 1 fully saturated rings. The summed E-state index contributed by atoms with van der Waals surface area (Å²) in [7, 11) is 0. The van der Waals surface area contributed by atoms with E-state index in [1.165, 1.54) is 16.7 Å². The summed E-state index contributed by atoms with van der Waals surface area (Å²) in [6.07, 6.45) is 0.976. The molecule has 0 bridgehead atoms. The van der Waals surface area contributed by atoms with E-state index in [1.54, 1.807) is 0 Å². The van der Waals surface area contributed by atoms with E-state index < -0.39 is 0 Å². The van der Waals surface area contributed by atoms with Gasteiger partial charge in [0.05, 0.1) is 0 Å². The molecule has 0 spiro atoms. The topological polar surface area (TPSA) is 9.23 Å². The summed E-state index contributed by atoms with van der Waals surface area (Å²) in [5.41, 5.74) is 4.67. The van der Waals surface area contributed by atoms with Crippen LogP contribution in [0.3, 0.4) is 0 Å². The Bertz CT molecular complexity index is 929. The zero-order chi connectivity index (χ0) is 16.9. The number of hydrogen-bond donors (Lipinski definition) is 0. The summed E-state index contributed by atoms with van der Waals surface area (Å²) >= 11 is 0. The van der Waals surface area contributed by atoms with Gasteiger partial charge in [0, 0.05) is 11.5 Å². The smallest absolute Gasteiger partial charge is 0.142 e. The van der Waals surface area contributed by atoms with Gasteiger partial charge in [-0.2, -0.15) is 0 Å². The van der Waals surface area contributed by atoms with Gasteiger partial charge >= 0.3 is 0 Å². The molecule has 1 saturated carbocycles. The van der Waals surface area contributed by atoms with Crippen LogP contribution in [-0.2, 0) is 0 Å². The van der Waals surface area contributed by atoms with Gasteiger partial charge in [0.15, 0.2) is 0 Å². The third-order valence-electron chi connectivity index (χ3n) is 5.83. The first kappa shape index (κ1) is 14.5. The molecule has 3 atom stereocenters. The molecule has 25 heavy (non-hydrogen) atoms. The lowest BCUT2D eigenvalue weighted by atomic mass is 9.54. The van der Waals surface area contributed by atoms with Gasteiger partial charge in [-0.25, -0.2) is 0 Å². The normalized spacial score (nSPS) is 26.1. The van der Waals surface area contributed by atoms with Crippen LogP contribution in [0, 0.1) is 0 Å². The highest BCUT2D eigenvalue weighted by atomic mass is 16.5. The summed E-state index contributed by atoms with van der Waals surface area (Å²) in [5, 5.41) is 0.